The highest BCUT2D eigenvalue weighted by molar-refractivity contribution is 5.49. The maximum absolute atomic E-state index is 11.3. The lowest BCUT2D eigenvalue weighted by molar-refractivity contribution is -0.385. The summed E-state index contributed by atoms with van der Waals surface area (Å²) < 4.78 is 5.12. The van der Waals surface area contributed by atoms with Gasteiger partial charge in [-0.2, -0.15) is 0 Å². The molecular weight excluding hydrogens is 282 g/mol. The summed E-state index contributed by atoms with van der Waals surface area (Å²) in [7, 11) is 1.47. The van der Waals surface area contributed by atoms with Crippen LogP contribution in [0.2, 0.25) is 0 Å². The normalized spacial score (nSPS) is 20.6. The molecule has 0 radical (unpaired) electrons. The van der Waals surface area contributed by atoms with Gasteiger partial charge in [0.15, 0.2) is 5.75 Å². The predicted octanol–water partition coefficient (Wildman–Crippen LogP) is 2.35. The van der Waals surface area contributed by atoms with Crippen molar-refractivity contribution >= 4 is 5.69 Å². The zero-order valence-electron chi connectivity index (χ0n) is 13.0. The van der Waals surface area contributed by atoms with Crippen LogP contribution in [0.5, 0.6) is 5.75 Å². The van der Waals surface area contributed by atoms with Crippen molar-refractivity contribution in [2.75, 3.05) is 33.3 Å². The highest BCUT2D eigenvalue weighted by Gasteiger charge is 2.31. The van der Waals surface area contributed by atoms with Crippen molar-refractivity contribution in [1.29, 1.82) is 0 Å². The van der Waals surface area contributed by atoms with Crippen molar-refractivity contribution in [3.63, 3.8) is 0 Å². The number of ether oxygens (including phenoxy) is 1. The number of nitro benzene ring substituents is 1. The lowest BCUT2D eigenvalue weighted by Gasteiger charge is -2.35. The standard InChI is InChI=1S/C16H23N3O3/c1-22-16-5-4-13(11-15(16)19(20)21)14(10-12-2-3-12)18-8-6-17-7-9-18/h4-5,11-12,14,17H,2-3,6-10H2,1H3/t14-/m0/s1. The van der Waals surface area contributed by atoms with Gasteiger partial charge in [0.1, 0.15) is 0 Å². The van der Waals surface area contributed by atoms with E-state index in [0.29, 0.717) is 5.75 Å². The summed E-state index contributed by atoms with van der Waals surface area (Å²) >= 11 is 0. The molecule has 1 aromatic rings. The third kappa shape index (κ3) is 3.39. The summed E-state index contributed by atoms with van der Waals surface area (Å²) in [5, 5.41) is 14.6. The zero-order chi connectivity index (χ0) is 15.5. The number of benzene rings is 1. The van der Waals surface area contributed by atoms with E-state index >= 15 is 0 Å². The molecule has 6 heteroatoms. The summed E-state index contributed by atoms with van der Waals surface area (Å²) in [4.78, 5) is 13.4. The van der Waals surface area contributed by atoms with E-state index in [1.165, 1.54) is 20.0 Å². The first-order valence-corrected chi connectivity index (χ1v) is 7.96. The van der Waals surface area contributed by atoms with E-state index in [1.807, 2.05) is 6.07 Å². The molecule has 1 aliphatic heterocycles. The number of rotatable bonds is 6. The molecule has 0 unspecified atom stereocenters. The largest absolute Gasteiger partial charge is 0.490 e. The molecule has 3 rings (SSSR count). The van der Waals surface area contributed by atoms with E-state index in [4.69, 9.17) is 4.74 Å². The Balaban J connectivity index is 1.88. The molecule has 1 aliphatic carbocycles. The van der Waals surface area contributed by atoms with Gasteiger partial charge in [0.2, 0.25) is 0 Å². The first-order chi connectivity index (χ1) is 10.7. The molecule has 1 saturated carbocycles. The average molecular weight is 305 g/mol. The van der Waals surface area contributed by atoms with Crippen molar-refractivity contribution < 1.29 is 9.66 Å². The van der Waals surface area contributed by atoms with Crippen LogP contribution < -0.4 is 10.1 Å². The van der Waals surface area contributed by atoms with Crippen LogP contribution in [0.15, 0.2) is 18.2 Å². The van der Waals surface area contributed by atoms with Gasteiger partial charge in [-0.1, -0.05) is 18.9 Å². The van der Waals surface area contributed by atoms with E-state index in [9.17, 15) is 10.1 Å². The molecule has 1 heterocycles. The molecule has 0 spiro atoms. The van der Waals surface area contributed by atoms with E-state index in [0.717, 1.165) is 44.1 Å². The van der Waals surface area contributed by atoms with Crippen molar-refractivity contribution in [2.24, 2.45) is 5.92 Å². The third-order valence-electron chi connectivity index (χ3n) is 4.63. The highest BCUT2D eigenvalue weighted by atomic mass is 16.6. The van der Waals surface area contributed by atoms with E-state index in [1.54, 1.807) is 12.1 Å². The average Bonchev–Trinajstić information content (AvgIpc) is 3.37. The van der Waals surface area contributed by atoms with Gasteiger partial charge in [0, 0.05) is 38.3 Å². The van der Waals surface area contributed by atoms with Gasteiger partial charge >= 0.3 is 5.69 Å². The Hall–Kier alpha value is -1.66. The fraction of sp³-hybridized carbons (Fsp3) is 0.625. The molecule has 120 valence electrons. The minimum Gasteiger partial charge on any atom is -0.490 e. The van der Waals surface area contributed by atoms with Crippen LogP contribution in [0.1, 0.15) is 30.9 Å². The molecule has 1 saturated heterocycles. The van der Waals surface area contributed by atoms with Crippen LogP contribution in [0.3, 0.4) is 0 Å². The number of methoxy groups -OCH3 is 1. The van der Waals surface area contributed by atoms with Crippen LogP contribution in [-0.4, -0.2) is 43.1 Å². The lowest BCUT2D eigenvalue weighted by Crippen LogP contribution is -2.45. The second-order valence-electron chi connectivity index (χ2n) is 6.17. The van der Waals surface area contributed by atoms with E-state index in [-0.39, 0.29) is 16.7 Å². The molecule has 0 bridgehead atoms. The number of piperazine rings is 1. The number of nitrogens with one attached hydrogen (secondary N) is 1. The molecule has 2 fully saturated rings. The first-order valence-electron chi connectivity index (χ1n) is 7.96. The molecule has 2 aliphatic rings. The molecule has 0 aromatic heterocycles. The molecule has 1 aromatic carbocycles. The van der Waals surface area contributed by atoms with Crippen LogP contribution in [-0.2, 0) is 0 Å². The molecule has 22 heavy (non-hydrogen) atoms. The van der Waals surface area contributed by atoms with Crippen LogP contribution in [0.4, 0.5) is 5.69 Å². The quantitative estimate of drug-likeness (QED) is 0.645. The number of hydrogen-bond acceptors (Lipinski definition) is 5. The summed E-state index contributed by atoms with van der Waals surface area (Å²) in [5.74, 6) is 1.11. The molecular formula is C16H23N3O3. The highest BCUT2D eigenvalue weighted by Crippen LogP contribution is 2.41. The molecule has 0 amide bonds. The minimum absolute atomic E-state index is 0.0657. The molecule has 1 N–H and O–H groups in total. The van der Waals surface area contributed by atoms with Gasteiger partial charge < -0.3 is 10.1 Å². The van der Waals surface area contributed by atoms with E-state index in [2.05, 4.69) is 10.2 Å². The predicted molar refractivity (Wildman–Crippen MR) is 84.2 cm³/mol. The second kappa shape index (κ2) is 6.62. The first kappa shape index (κ1) is 15.2. The van der Waals surface area contributed by atoms with Crippen molar-refractivity contribution in [2.45, 2.75) is 25.3 Å². The number of nitro groups is 1. The van der Waals surface area contributed by atoms with Gasteiger partial charge in [-0.05, 0) is 24.0 Å². The van der Waals surface area contributed by atoms with Crippen LogP contribution in [0, 0.1) is 16.0 Å². The Morgan fingerprint density at radius 1 is 1.41 bits per heavy atom. The van der Waals surface area contributed by atoms with Gasteiger partial charge in [0.05, 0.1) is 12.0 Å². The summed E-state index contributed by atoms with van der Waals surface area (Å²) in [6, 6.07) is 5.70. The van der Waals surface area contributed by atoms with Gasteiger partial charge in [-0.3, -0.25) is 15.0 Å². The zero-order valence-corrected chi connectivity index (χ0v) is 13.0. The maximum atomic E-state index is 11.3. The smallest absolute Gasteiger partial charge is 0.311 e. The Morgan fingerprint density at radius 2 is 2.14 bits per heavy atom. The van der Waals surface area contributed by atoms with Gasteiger partial charge in [-0.25, -0.2) is 0 Å². The fourth-order valence-electron chi connectivity index (χ4n) is 3.22. The molecule has 6 nitrogen and oxygen atoms in total. The SMILES string of the molecule is COc1ccc([C@H](CC2CC2)N2CCNCC2)cc1[N+](=O)[O-]. The number of nitrogens with zero attached hydrogens (tertiary/aromatic N) is 2. The second-order valence-corrected chi connectivity index (χ2v) is 6.17. The van der Waals surface area contributed by atoms with Crippen molar-refractivity contribution in [3.8, 4) is 5.75 Å². The van der Waals surface area contributed by atoms with Crippen LogP contribution in [0.25, 0.3) is 0 Å². The lowest BCUT2D eigenvalue weighted by atomic mass is 9.98. The summed E-state index contributed by atoms with van der Waals surface area (Å²) in [6.07, 6.45) is 3.69. The van der Waals surface area contributed by atoms with Crippen LogP contribution >= 0.6 is 0 Å². The Labute approximate surface area is 130 Å². The monoisotopic (exact) mass is 305 g/mol. The fourth-order valence-corrected chi connectivity index (χ4v) is 3.22. The Bertz CT molecular complexity index is 539. The molecule has 1 atom stereocenters. The summed E-state index contributed by atoms with van der Waals surface area (Å²) in [5.41, 5.74) is 1.11. The number of hydrogen-bond donors (Lipinski definition) is 1. The Morgan fingerprint density at radius 3 is 2.73 bits per heavy atom. The van der Waals surface area contributed by atoms with Crippen molar-refractivity contribution in [1.82, 2.24) is 10.2 Å². The van der Waals surface area contributed by atoms with E-state index < -0.39 is 0 Å². The minimum atomic E-state index is -0.353. The Kier molecular flexibility index (Phi) is 4.59. The third-order valence-corrected chi connectivity index (χ3v) is 4.63. The van der Waals surface area contributed by atoms with Gasteiger partial charge in [-0.15, -0.1) is 0 Å². The summed E-state index contributed by atoms with van der Waals surface area (Å²) in [6.45, 7) is 3.97. The topological polar surface area (TPSA) is 67.6 Å². The maximum Gasteiger partial charge on any atom is 0.311 e. The van der Waals surface area contributed by atoms with Crippen molar-refractivity contribution in [3.05, 3.63) is 33.9 Å². The van der Waals surface area contributed by atoms with Gasteiger partial charge in [0.25, 0.3) is 0 Å².